The molecule has 2 aromatic rings. The maximum absolute atomic E-state index is 11.9. The molecule has 2 heterocycles. The summed E-state index contributed by atoms with van der Waals surface area (Å²) < 4.78 is 10.8. The van der Waals surface area contributed by atoms with Crippen LogP contribution < -0.4 is 11.1 Å². The van der Waals surface area contributed by atoms with E-state index in [2.05, 4.69) is 10.3 Å². The molecule has 1 aromatic carbocycles. The number of hydrogen-bond donors (Lipinski definition) is 3. The van der Waals surface area contributed by atoms with Crippen molar-refractivity contribution in [3.05, 3.63) is 47.8 Å². The average Bonchev–Trinajstić information content (AvgIpc) is 3.10. The van der Waals surface area contributed by atoms with Crippen molar-refractivity contribution in [2.45, 2.75) is 6.29 Å². The van der Waals surface area contributed by atoms with Gasteiger partial charge in [0.15, 0.2) is 6.29 Å². The Kier molecular flexibility index (Phi) is 3.41. The standard InChI is InChI=1S/C14H15N3O3/c15-10-7-12(16-8-10)13(18)17-11-3-1-9(2-4-11)14-19-5-6-20-14/h1-4,7-8,14,16H,5-6,15H2,(H,17,18). The molecule has 4 N–H and O–H groups in total. The summed E-state index contributed by atoms with van der Waals surface area (Å²) in [5, 5.41) is 2.78. The van der Waals surface area contributed by atoms with Crippen LogP contribution in [0.15, 0.2) is 36.5 Å². The normalized spacial score (nSPS) is 15.4. The summed E-state index contributed by atoms with van der Waals surface area (Å²) in [6.45, 7) is 1.22. The molecule has 1 amide bonds. The van der Waals surface area contributed by atoms with E-state index in [0.29, 0.717) is 30.3 Å². The first-order valence-corrected chi connectivity index (χ1v) is 6.31. The van der Waals surface area contributed by atoms with Gasteiger partial charge in [-0.05, 0) is 18.2 Å². The van der Waals surface area contributed by atoms with E-state index in [4.69, 9.17) is 15.2 Å². The van der Waals surface area contributed by atoms with Crippen molar-refractivity contribution >= 4 is 17.3 Å². The first-order valence-electron chi connectivity index (χ1n) is 6.31. The fraction of sp³-hybridized carbons (Fsp3) is 0.214. The van der Waals surface area contributed by atoms with Crippen LogP contribution in [-0.2, 0) is 9.47 Å². The minimum atomic E-state index is -0.303. The number of amides is 1. The van der Waals surface area contributed by atoms with Gasteiger partial charge in [0.05, 0.1) is 13.2 Å². The number of nitrogen functional groups attached to an aromatic ring is 1. The zero-order valence-corrected chi connectivity index (χ0v) is 10.8. The summed E-state index contributed by atoms with van der Waals surface area (Å²) >= 11 is 0. The van der Waals surface area contributed by atoms with Gasteiger partial charge < -0.3 is 25.5 Å². The molecule has 0 bridgehead atoms. The highest BCUT2D eigenvalue weighted by Gasteiger charge is 2.18. The van der Waals surface area contributed by atoms with E-state index in [1.807, 2.05) is 24.3 Å². The fourth-order valence-corrected chi connectivity index (χ4v) is 2.02. The zero-order chi connectivity index (χ0) is 13.9. The lowest BCUT2D eigenvalue weighted by Crippen LogP contribution is -2.12. The van der Waals surface area contributed by atoms with Crippen LogP contribution in [0.3, 0.4) is 0 Å². The van der Waals surface area contributed by atoms with E-state index in [0.717, 1.165) is 5.56 Å². The van der Waals surface area contributed by atoms with Gasteiger partial charge in [-0.3, -0.25) is 4.79 Å². The van der Waals surface area contributed by atoms with Crippen molar-refractivity contribution in [2.75, 3.05) is 24.3 Å². The smallest absolute Gasteiger partial charge is 0.272 e. The lowest BCUT2D eigenvalue weighted by Gasteiger charge is -2.10. The number of carbonyl (C=O) groups excluding carboxylic acids is 1. The van der Waals surface area contributed by atoms with Crippen LogP contribution in [-0.4, -0.2) is 24.1 Å². The predicted molar refractivity (Wildman–Crippen MR) is 74.2 cm³/mol. The van der Waals surface area contributed by atoms with Gasteiger partial charge in [0.2, 0.25) is 0 Å². The topological polar surface area (TPSA) is 89.4 Å². The summed E-state index contributed by atoms with van der Waals surface area (Å²) in [5.41, 5.74) is 8.15. The summed E-state index contributed by atoms with van der Waals surface area (Å²) in [6.07, 6.45) is 1.27. The first-order chi connectivity index (χ1) is 9.72. The van der Waals surface area contributed by atoms with Crippen LogP contribution in [0.25, 0.3) is 0 Å². The maximum atomic E-state index is 11.9. The number of carbonyl (C=O) groups is 1. The molecule has 6 heteroatoms. The largest absolute Gasteiger partial charge is 0.397 e. The molecule has 0 radical (unpaired) electrons. The van der Waals surface area contributed by atoms with Gasteiger partial charge >= 0.3 is 0 Å². The third kappa shape index (κ3) is 2.66. The average molecular weight is 273 g/mol. The van der Waals surface area contributed by atoms with E-state index in [9.17, 15) is 4.79 Å². The van der Waals surface area contributed by atoms with Crippen LogP contribution in [0.4, 0.5) is 11.4 Å². The number of rotatable bonds is 3. The van der Waals surface area contributed by atoms with Gasteiger partial charge in [-0.2, -0.15) is 0 Å². The summed E-state index contributed by atoms with van der Waals surface area (Å²) in [5.74, 6) is -0.234. The van der Waals surface area contributed by atoms with Crippen LogP contribution >= 0.6 is 0 Å². The van der Waals surface area contributed by atoms with E-state index in [1.54, 1.807) is 12.3 Å². The molecule has 3 rings (SSSR count). The Morgan fingerprint density at radius 2 is 1.95 bits per heavy atom. The number of H-pyrrole nitrogens is 1. The molecule has 0 aliphatic carbocycles. The second-order valence-electron chi connectivity index (χ2n) is 4.50. The number of anilines is 2. The van der Waals surface area contributed by atoms with Gasteiger partial charge in [-0.1, -0.05) is 12.1 Å². The van der Waals surface area contributed by atoms with Crippen molar-refractivity contribution < 1.29 is 14.3 Å². The van der Waals surface area contributed by atoms with Crippen molar-refractivity contribution in [3.8, 4) is 0 Å². The minimum absolute atomic E-state index is 0.234. The molecule has 1 aliphatic rings. The molecular formula is C14H15N3O3. The van der Waals surface area contributed by atoms with Gasteiger partial charge in [0.25, 0.3) is 5.91 Å². The highest BCUT2D eigenvalue weighted by Crippen LogP contribution is 2.24. The molecular weight excluding hydrogens is 258 g/mol. The number of ether oxygens (including phenoxy) is 2. The molecule has 0 unspecified atom stereocenters. The van der Waals surface area contributed by atoms with Gasteiger partial charge in [-0.25, -0.2) is 0 Å². The summed E-state index contributed by atoms with van der Waals surface area (Å²) in [7, 11) is 0. The van der Waals surface area contributed by atoms with E-state index < -0.39 is 0 Å². The summed E-state index contributed by atoms with van der Waals surface area (Å²) in [6, 6.07) is 8.95. The Labute approximate surface area is 115 Å². The number of nitrogens with two attached hydrogens (primary N) is 1. The monoisotopic (exact) mass is 273 g/mol. The molecule has 0 spiro atoms. The first kappa shape index (κ1) is 12.7. The molecule has 6 nitrogen and oxygen atoms in total. The minimum Gasteiger partial charge on any atom is -0.397 e. The van der Waals surface area contributed by atoms with Crippen LogP contribution in [0.5, 0.6) is 0 Å². The maximum Gasteiger partial charge on any atom is 0.272 e. The van der Waals surface area contributed by atoms with E-state index in [-0.39, 0.29) is 12.2 Å². The molecule has 0 saturated carbocycles. The molecule has 104 valence electrons. The van der Waals surface area contributed by atoms with E-state index >= 15 is 0 Å². The quantitative estimate of drug-likeness (QED) is 0.796. The number of aromatic nitrogens is 1. The Hall–Kier alpha value is -2.31. The molecule has 1 aliphatic heterocycles. The van der Waals surface area contributed by atoms with Crippen LogP contribution in [0, 0.1) is 0 Å². The Balaban J connectivity index is 1.67. The number of aromatic amines is 1. The molecule has 1 aromatic heterocycles. The predicted octanol–water partition coefficient (Wildman–Crippen LogP) is 1.89. The van der Waals surface area contributed by atoms with Gasteiger partial charge in [0.1, 0.15) is 5.69 Å². The van der Waals surface area contributed by atoms with Gasteiger partial charge in [0, 0.05) is 23.1 Å². The lowest BCUT2D eigenvalue weighted by atomic mass is 10.2. The molecule has 1 fully saturated rings. The highest BCUT2D eigenvalue weighted by molar-refractivity contribution is 6.03. The summed E-state index contributed by atoms with van der Waals surface area (Å²) in [4.78, 5) is 14.7. The Morgan fingerprint density at radius 3 is 2.55 bits per heavy atom. The Bertz CT molecular complexity index is 600. The Morgan fingerprint density at radius 1 is 1.25 bits per heavy atom. The number of hydrogen-bond acceptors (Lipinski definition) is 4. The highest BCUT2D eigenvalue weighted by atomic mass is 16.7. The molecule has 0 atom stereocenters. The molecule has 20 heavy (non-hydrogen) atoms. The second-order valence-corrected chi connectivity index (χ2v) is 4.50. The lowest BCUT2D eigenvalue weighted by molar-refractivity contribution is -0.0441. The second kappa shape index (κ2) is 5.36. The van der Waals surface area contributed by atoms with Crippen LogP contribution in [0.1, 0.15) is 22.3 Å². The SMILES string of the molecule is Nc1c[nH]c(C(=O)Nc2ccc(C3OCCO3)cc2)c1. The molecule has 1 saturated heterocycles. The van der Waals surface area contributed by atoms with Crippen LogP contribution in [0.2, 0.25) is 0 Å². The fourth-order valence-electron chi connectivity index (χ4n) is 2.02. The van der Waals surface area contributed by atoms with Crippen molar-refractivity contribution in [1.82, 2.24) is 4.98 Å². The van der Waals surface area contributed by atoms with Gasteiger partial charge in [-0.15, -0.1) is 0 Å². The van der Waals surface area contributed by atoms with E-state index in [1.165, 1.54) is 0 Å². The van der Waals surface area contributed by atoms with Crippen molar-refractivity contribution in [2.24, 2.45) is 0 Å². The third-order valence-electron chi connectivity index (χ3n) is 3.01. The van der Waals surface area contributed by atoms with Crippen molar-refractivity contribution in [1.29, 1.82) is 0 Å². The number of benzene rings is 1. The number of nitrogens with one attached hydrogen (secondary N) is 2. The van der Waals surface area contributed by atoms with Crippen molar-refractivity contribution in [3.63, 3.8) is 0 Å². The third-order valence-corrected chi connectivity index (χ3v) is 3.01. The zero-order valence-electron chi connectivity index (χ0n) is 10.8.